The summed E-state index contributed by atoms with van der Waals surface area (Å²) in [6, 6.07) is 0. The van der Waals surface area contributed by atoms with Gasteiger partial charge >= 0.3 is 0 Å². The average Bonchev–Trinajstić information content (AvgIpc) is 2.21. The van der Waals surface area contributed by atoms with Crippen LogP contribution >= 0.6 is 0 Å². The minimum Gasteiger partial charge on any atom is -0.385 e. The standard InChI is InChI=1S/C10H21NO3/c1-11-10(12)9-14-8-6-4-3-5-7-13-2/h3-9H2,1-2H3,(H,11,12). The molecule has 0 atom stereocenters. The summed E-state index contributed by atoms with van der Waals surface area (Å²) in [5.74, 6) is -0.0654. The topological polar surface area (TPSA) is 47.6 Å². The van der Waals surface area contributed by atoms with Crippen LogP contribution in [0.25, 0.3) is 0 Å². The van der Waals surface area contributed by atoms with Gasteiger partial charge in [-0.15, -0.1) is 0 Å². The highest BCUT2D eigenvalue weighted by Crippen LogP contribution is 1.99. The zero-order valence-electron chi connectivity index (χ0n) is 9.17. The Morgan fingerprint density at radius 2 is 1.79 bits per heavy atom. The van der Waals surface area contributed by atoms with E-state index in [2.05, 4.69) is 5.32 Å². The van der Waals surface area contributed by atoms with E-state index in [9.17, 15) is 4.79 Å². The Balaban J connectivity index is 2.95. The molecule has 0 saturated heterocycles. The van der Waals surface area contributed by atoms with Crippen molar-refractivity contribution >= 4 is 5.91 Å². The number of hydrogen-bond donors (Lipinski definition) is 1. The Morgan fingerprint density at radius 1 is 1.14 bits per heavy atom. The first-order chi connectivity index (χ1) is 6.81. The quantitative estimate of drug-likeness (QED) is 0.568. The van der Waals surface area contributed by atoms with Gasteiger partial charge in [0.15, 0.2) is 0 Å². The van der Waals surface area contributed by atoms with Gasteiger partial charge in [0.25, 0.3) is 0 Å². The third-order valence-electron chi connectivity index (χ3n) is 1.90. The Bertz CT molecular complexity index is 139. The molecule has 1 N–H and O–H groups in total. The van der Waals surface area contributed by atoms with E-state index < -0.39 is 0 Å². The largest absolute Gasteiger partial charge is 0.385 e. The zero-order valence-corrected chi connectivity index (χ0v) is 9.17. The first-order valence-corrected chi connectivity index (χ1v) is 5.08. The van der Waals surface area contributed by atoms with Gasteiger partial charge in [-0.1, -0.05) is 12.8 Å². The Morgan fingerprint density at radius 3 is 2.36 bits per heavy atom. The van der Waals surface area contributed by atoms with Crippen molar-refractivity contribution in [2.75, 3.05) is 34.0 Å². The van der Waals surface area contributed by atoms with E-state index in [0.29, 0.717) is 6.61 Å². The number of hydrogen-bond acceptors (Lipinski definition) is 3. The van der Waals surface area contributed by atoms with E-state index in [1.165, 1.54) is 0 Å². The number of unbranched alkanes of at least 4 members (excludes halogenated alkanes) is 3. The molecule has 0 aliphatic heterocycles. The molecule has 0 aliphatic carbocycles. The molecule has 84 valence electrons. The fraction of sp³-hybridized carbons (Fsp3) is 0.900. The minimum atomic E-state index is -0.0654. The van der Waals surface area contributed by atoms with Gasteiger partial charge in [0.1, 0.15) is 6.61 Å². The lowest BCUT2D eigenvalue weighted by Gasteiger charge is -2.03. The highest BCUT2D eigenvalue weighted by Gasteiger charge is 1.96. The molecule has 0 radical (unpaired) electrons. The van der Waals surface area contributed by atoms with E-state index in [4.69, 9.17) is 9.47 Å². The summed E-state index contributed by atoms with van der Waals surface area (Å²) < 4.78 is 10.1. The van der Waals surface area contributed by atoms with Crippen molar-refractivity contribution in [3.05, 3.63) is 0 Å². The molecule has 0 fully saturated rings. The number of ether oxygens (including phenoxy) is 2. The maximum atomic E-state index is 10.7. The first kappa shape index (κ1) is 13.4. The van der Waals surface area contributed by atoms with Gasteiger partial charge in [0.05, 0.1) is 0 Å². The maximum Gasteiger partial charge on any atom is 0.245 e. The molecule has 14 heavy (non-hydrogen) atoms. The second kappa shape index (κ2) is 10.5. The molecule has 0 rings (SSSR count). The molecule has 0 heterocycles. The van der Waals surface area contributed by atoms with Crippen LogP contribution in [0.5, 0.6) is 0 Å². The van der Waals surface area contributed by atoms with E-state index in [-0.39, 0.29) is 12.5 Å². The summed E-state index contributed by atoms with van der Waals surface area (Å²) in [7, 11) is 3.32. The Labute approximate surface area is 86.0 Å². The third-order valence-corrected chi connectivity index (χ3v) is 1.90. The molecular weight excluding hydrogens is 182 g/mol. The molecule has 0 aromatic heterocycles. The molecule has 0 bridgehead atoms. The lowest BCUT2D eigenvalue weighted by Crippen LogP contribution is -2.23. The predicted molar refractivity (Wildman–Crippen MR) is 55.2 cm³/mol. The number of rotatable bonds is 9. The van der Waals surface area contributed by atoms with Crippen LogP contribution < -0.4 is 5.32 Å². The Hall–Kier alpha value is -0.610. The molecule has 0 aromatic rings. The van der Waals surface area contributed by atoms with Gasteiger partial charge in [-0.2, -0.15) is 0 Å². The molecule has 0 saturated carbocycles. The average molecular weight is 203 g/mol. The fourth-order valence-corrected chi connectivity index (χ4v) is 1.04. The highest BCUT2D eigenvalue weighted by molar-refractivity contribution is 5.76. The number of nitrogens with one attached hydrogen (secondary N) is 1. The van der Waals surface area contributed by atoms with Gasteiger partial charge in [0, 0.05) is 27.4 Å². The number of likely N-dealkylation sites (N-methyl/N-ethyl adjacent to an activating group) is 1. The second-order valence-corrected chi connectivity index (χ2v) is 3.13. The van der Waals surface area contributed by atoms with Crippen molar-refractivity contribution in [3.8, 4) is 0 Å². The molecule has 0 aromatic carbocycles. The van der Waals surface area contributed by atoms with Crippen molar-refractivity contribution in [2.45, 2.75) is 25.7 Å². The molecule has 0 spiro atoms. The van der Waals surface area contributed by atoms with E-state index in [1.807, 2.05) is 0 Å². The number of amides is 1. The lowest BCUT2D eigenvalue weighted by atomic mass is 10.2. The van der Waals surface area contributed by atoms with Crippen LogP contribution in [0, 0.1) is 0 Å². The molecular formula is C10H21NO3. The van der Waals surface area contributed by atoms with Crippen LogP contribution in [-0.2, 0) is 14.3 Å². The van der Waals surface area contributed by atoms with Crippen LogP contribution in [-0.4, -0.2) is 39.9 Å². The van der Waals surface area contributed by atoms with Crippen LogP contribution in [0.1, 0.15) is 25.7 Å². The second-order valence-electron chi connectivity index (χ2n) is 3.13. The van der Waals surface area contributed by atoms with Crippen molar-refractivity contribution in [2.24, 2.45) is 0 Å². The molecule has 0 unspecified atom stereocenters. The summed E-state index contributed by atoms with van der Waals surface area (Å²) >= 11 is 0. The molecule has 4 heteroatoms. The summed E-state index contributed by atoms with van der Waals surface area (Å²) in [6.07, 6.45) is 4.42. The van der Waals surface area contributed by atoms with E-state index in [1.54, 1.807) is 14.2 Å². The van der Waals surface area contributed by atoms with E-state index >= 15 is 0 Å². The monoisotopic (exact) mass is 203 g/mol. The van der Waals surface area contributed by atoms with Crippen LogP contribution in [0.15, 0.2) is 0 Å². The zero-order chi connectivity index (χ0) is 10.6. The van der Waals surface area contributed by atoms with Crippen molar-refractivity contribution in [1.29, 1.82) is 0 Å². The van der Waals surface area contributed by atoms with Crippen molar-refractivity contribution in [3.63, 3.8) is 0 Å². The number of carbonyl (C=O) groups is 1. The normalized spacial score (nSPS) is 10.1. The maximum absolute atomic E-state index is 10.7. The summed E-state index contributed by atoms with van der Waals surface area (Å²) in [5.41, 5.74) is 0. The van der Waals surface area contributed by atoms with Crippen molar-refractivity contribution < 1.29 is 14.3 Å². The van der Waals surface area contributed by atoms with Crippen LogP contribution in [0.4, 0.5) is 0 Å². The van der Waals surface area contributed by atoms with Crippen LogP contribution in [0.3, 0.4) is 0 Å². The Kier molecular flexibility index (Phi) is 10.0. The third kappa shape index (κ3) is 9.48. The fourth-order valence-electron chi connectivity index (χ4n) is 1.04. The first-order valence-electron chi connectivity index (χ1n) is 5.08. The highest BCUT2D eigenvalue weighted by atomic mass is 16.5. The van der Waals surface area contributed by atoms with Gasteiger partial charge in [-0.25, -0.2) is 0 Å². The minimum absolute atomic E-state index is 0.0654. The molecule has 4 nitrogen and oxygen atoms in total. The smallest absolute Gasteiger partial charge is 0.245 e. The van der Waals surface area contributed by atoms with Crippen molar-refractivity contribution in [1.82, 2.24) is 5.32 Å². The number of methoxy groups -OCH3 is 1. The summed E-state index contributed by atoms with van der Waals surface area (Å²) in [6.45, 7) is 1.67. The predicted octanol–water partition coefficient (Wildman–Crippen LogP) is 0.956. The summed E-state index contributed by atoms with van der Waals surface area (Å²) in [5, 5.41) is 2.50. The number of carbonyl (C=O) groups excluding carboxylic acids is 1. The van der Waals surface area contributed by atoms with Crippen LogP contribution in [0.2, 0.25) is 0 Å². The van der Waals surface area contributed by atoms with Gasteiger partial charge in [-0.05, 0) is 12.8 Å². The summed E-state index contributed by atoms with van der Waals surface area (Å²) in [4.78, 5) is 10.7. The lowest BCUT2D eigenvalue weighted by molar-refractivity contribution is -0.125. The van der Waals surface area contributed by atoms with Gasteiger partial charge in [-0.3, -0.25) is 4.79 Å². The van der Waals surface area contributed by atoms with Gasteiger partial charge in [0.2, 0.25) is 5.91 Å². The van der Waals surface area contributed by atoms with Gasteiger partial charge < -0.3 is 14.8 Å². The molecule has 1 amide bonds. The van der Waals surface area contributed by atoms with E-state index in [0.717, 1.165) is 32.3 Å². The molecule has 0 aliphatic rings. The SMILES string of the molecule is CNC(=O)COCCCCCCOC.